The number of carbonyl (C=O) groups is 1. The zero-order valence-corrected chi connectivity index (χ0v) is 7.97. The molecule has 0 saturated heterocycles. The van der Waals surface area contributed by atoms with Crippen molar-refractivity contribution in [3.8, 4) is 0 Å². The van der Waals surface area contributed by atoms with Gasteiger partial charge in [-0.05, 0) is 12.5 Å². The molecule has 0 radical (unpaired) electrons. The van der Waals surface area contributed by atoms with Gasteiger partial charge in [0.1, 0.15) is 12.1 Å². The molecule has 2 N–H and O–H groups in total. The number of aliphatic carboxylic acids is 1. The van der Waals surface area contributed by atoms with E-state index in [0.717, 1.165) is 6.42 Å². The molecule has 0 fully saturated rings. The Hall–Kier alpha value is -1.65. The van der Waals surface area contributed by atoms with Crippen molar-refractivity contribution in [2.45, 2.75) is 25.8 Å². The summed E-state index contributed by atoms with van der Waals surface area (Å²) in [6.07, 6.45) is 3.88. The first-order valence-corrected chi connectivity index (χ1v) is 4.46. The van der Waals surface area contributed by atoms with E-state index in [1.807, 2.05) is 6.92 Å². The Morgan fingerprint density at radius 3 is 3.00 bits per heavy atom. The Morgan fingerprint density at radius 1 is 1.71 bits per heavy atom. The Kier molecular flexibility index (Phi) is 3.84. The largest absolute Gasteiger partial charge is 0.481 e. The number of hydrogen-bond donors (Lipinski definition) is 2. The minimum atomic E-state index is -0.807. The molecule has 0 saturated carbocycles. The maximum atomic E-state index is 10.5. The molecule has 1 aromatic heterocycles. The fraction of sp³-hybridized carbons (Fsp3) is 0.444. The molecule has 0 aliphatic carbocycles. The molecule has 0 bridgehead atoms. The van der Waals surface area contributed by atoms with E-state index in [0.29, 0.717) is 5.82 Å². The molecule has 14 heavy (non-hydrogen) atoms. The minimum Gasteiger partial charge on any atom is -0.481 e. The highest BCUT2D eigenvalue weighted by molar-refractivity contribution is 5.68. The highest BCUT2D eigenvalue weighted by atomic mass is 16.4. The van der Waals surface area contributed by atoms with Gasteiger partial charge in [0.15, 0.2) is 0 Å². The summed E-state index contributed by atoms with van der Waals surface area (Å²) in [7, 11) is 0. The average molecular weight is 195 g/mol. The molecule has 5 nitrogen and oxygen atoms in total. The Labute approximate surface area is 82.2 Å². The Morgan fingerprint density at radius 2 is 2.50 bits per heavy atom. The van der Waals surface area contributed by atoms with Crippen LogP contribution in [-0.2, 0) is 4.79 Å². The maximum Gasteiger partial charge on any atom is 0.305 e. The van der Waals surface area contributed by atoms with E-state index in [2.05, 4.69) is 15.3 Å². The van der Waals surface area contributed by atoms with Crippen LogP contribution < -0.4 is 5.32 Å². The lowest BCUT2D eigenvalue weighted by atomic mass is 10.1. The summed E-state index contributed by atoms with van der Waals surface area (Å²) >= 11 is 0. The highest BCUT2D eigenvalue weighted by Crippen LogP contribution is 2.07. The van der Waals surface area contributed by atoms with Gasteiger partial charge in [0.2, 0.25) is 0 Å². The zero-order chi connectivity index (χ0) is 10.4. The van der Waals surface area contributed by atoms with Crippen LogP contribution in [0.3, 0.4) is 0 Å². The highest BCUT2D eigenvalue weighted by Gasteiger charge is 2.10. The monoisotopic (exact) mass is 195 g/mol. The lowest BCUT2D eigenvalue weighted by Gasteiger charge is -2.14. The van der Waals surface area contributed by atoms with Gasteiger partial charge in [-0.1, -0.05) is 6.92 Å². The van der Waals surface area contributed by atoms with E-state index in [4.69, 9.17) is 5.11 Å². The van der Waals surface area contributed by atoms with Crippen LogP contribution in [0.15, 0.2) is 18.6 Å². The first kappa shape index (κ1) is 10.4. The van der Waals surface area contributed by atoms with Crippen LogP contribution in [0.1, 0.15) is 19.8 Å². The van der Waals surface area contributed by atoms with E-state index in [1.54, 1.807) is 12.3 Å². The van der Waals surface area contributed by atoms with Crippen molar-refractivity contribution >= 4 is 11.8 Å². The van der Waals surface area contributed by atoms with Crippen LogP contribution in [0.5, 0.6) is 0 Å². The molecule has 0 spiro atoms. The van der Waals surface area contributed by atoms with Gasteiger partial charge >= 0.3 is 5.97 Å². The summed E-state index contributed by atoms with van der Waals surface area (Å²) in [5.41, 5.74) is 0. The third kappa shape index (κ3) is 3.38. The number of carboxylic acid groups (broad SMARTS) is 1. The number of rotatable bonds is 5. The first-order valence-electron chi connectivity index (χ1n) is 4.46. The summed E-state index contributed by atoms with van der Waals surface area (Å²) in [5, 5.41) is 11.6. The van der Waals surface area contributed by atoms with E-state index < -0.39 is 5.97 Å². The second kappa shape index (κ2) is 5.16. The van der Waals surface area contributed by atoms with Gasteiger partial charge in [-0.25, -0.2) is 9.97 Å². The van der Waals surface area contributed by atoms with Gasteiger partial charge in [0, 0.05) is 12.2 Å². The quantitative estimate of drug-likeness (QED) is 0.736. The predicted octanol–water partition coefficient (Wildman–Crippen LogP) is 1.14. The molecule has 0 aliphatic rings. The normalized spacial score (nSPS) is 12.1. The van der Waals surface area contributed by atoms with Gasteiger partial charge in [0.25, 0.3) is 0 Å². The van der Waals surface area contributed by atoms with Crippen molar-refractivity contribution < 1.29 is 9.90 Å². The summed E-state index contributed by atoms with van der Waals surface area (Å²) < 4.78 is 0. The fourth-order valence-electron chi connectivity index (χ4n) is 1.09. The van der Waals surface area contributed by atoms with Crippen LogP contribution in [0.25, 0.3) is 0 Å². The van der Waals surface area contributed by atoms with Gasteiger partial charge in [-0.2, -0.15) is 0 Å². The molecule has 1 heterocycles. The summed E-state index contributed by atoms with van der Waals surface area (Å²) in [6.45, 7) is 1.93. The summed E-state index contributed by atoms with van der Waals surface area (Å²) in [5.74, 6) is -0.147. The maximum absolute atomic E-state index is 10.5. The first-order chi connectivity index (χ1) is 6.72. The van der Waals surface area contributed by atoms with Gasteiger partial charge in [0.05, 0.1) is 6.42 Å². The van der Waals surface area contributed by atoms with Crippen molar-refractivity contribution in [3.05, 3.63) is 18.6 Å². The predicted molar refractivity (Wildman–Crippen MR) is 52.0 cm³/mol. The van der Waals surface area contributed by atoms with Crippen molar-refractivity contribution in [2.24, 2.45) is 0 Å². The molecular formula is C9H13N3O2. The zero-order valence-electron chi connectivity index (χ0n) is 7.97. The molecular weight excluding hydrogens is 182 g/mol. The van der Waals surface area contributed by atoms with Crippen molar-refractivity contribution in [2.75, 3.05) is 5.32 Å². The van der Waals surface area contributed by atoms with E-state index in [1.165, 1.54) is 6.33 Å². The molecule has 1 aromatic rings. The molecule has 1 unspecified atom stereocenters. The average Bonchev–Trinajstić information content (AvgIpc) is 2.17. The number of aromatic nitrogens is 2. The van der Waals surface area contributed by atoms with Crippen LogP contribution >= 0.6 is 0 Å². The van der Waals surface area contributed by atoms with E-state index >= 15 is 0 Å². The molecule has 0 aliphatic heterocycles. The Balaban J connectivity index is 2.53. The molecule has 1 atom stereocenters. The van der Waals surface area contributed by atoms with E-state index in [-0.39, 0.29) is 12.5 Å². The van der Waals surface area contributed by atoms with E-state index in [9.17, 15) is 4.79 Å². The standard InChI is InChI=1S/C9H13N3O2/c1-2-7(5-9(13)14)12-8-3-4-10-6-11-8/h3-4,6-7H,2,5H2,1H3,(H,13,14)(H,10,11,12). The third-order valence-corrected chi connectivity index (χ3v) is 1.85. The smallest absolute Gasteiger partial charge is 0.305 e. The summed E-state index contributed by atoms with van der Waals surface area (Å²) in [6, 6.07) is 1.63. The number of carboxylic acids is 1. The van der Waals surface area contributed by atoms with Gasteiger partial charge in [-0.15, -0.1) is 0 Å². The van der Waals surface area contributed by atoms with Crippen LogP contribution in [0.2, 0.25) is 0 Å². The molecule has 5 heteroatoms. The number of nitrogens with zero attached hydrogens (tertiary/aromatic N) is 2. The number of anilines is 1. The fourth-order valence-corrected chi connectivity index (χ4v) is 1.09. The van der Waals surface area contributed by atoms with Crippen LogP contribution in [0.4, 0.5) is 5.82 Å². The second-order valence-electron chi connectivity index (χ2n) is 2.94. The second-order valence-corrected chi connectivity index (χ2v) is 2.94. The topological polar surface area (TPSA) is 75.1 Å². The lowest BCUT2D eigenvalue weighted by Crippen LogP contribution is -2.22. The van der Waals surface area contributed by atoms with Crippen molar-refractivity contribution in [3.63, 3.8) is 0 Å². The van der Waals surface area contributed by atoms with Crippen LogP contribution in [-0.4, -0.2) is 27.1 Å². The molecule has 1 rings (SSSR count). The summed E-state index contributed by atoms with van der Waals surface area (Å²) in [4.78, 5) is 18.2. The molecule has 76 valence electrons. The third-order valence-electron chi connectivity index (χ3n) is 1.85. The van der Waals surface area contributed by atoms with Gasteiger partial charge < -0.3 is 10.4 Å². The lowest BCUT2D eigenvalue weighted by molar-refractivity contribution is -0.137. The molecule has 0 aromatic carbocycles. The van der Waals surface area contributed by atoms with Gasteiger partial charge in [-0.3, -0.25) is 4.79 Å². The minimum absolute atomic E-state index is 0.0811. The van der Waals surface area contributed by atoms with Crippen LogP contribution in [0, 0.1) is 0 Å². The van der Waals surface area contributed by atoms with Crippen molar-refractivity contribution in [1.29, 1.82) is 0 Å². The molecule has 0 amide bonds. The number of nitrogens with one attached hydrogen (secondary N) is 1. The Bertz CT molecular complexity index is 289. The number of hydrogen-bond acceptors (Lipinski definition) is 4. The van der Waals surface area contributed by atoms with Crippen molar-refractivity contribution in [1.82, 2.24) is 9.97 Å². The SMILES string of the molecule is CCC(CC(=O)O)Nc1ccncn1.